The second-order valence-electron chi connectivity index (χ2n) is 6.98. The maximum absolute atomic E-state index is 12.5. The third-order valence-corrected chi connectivity index (χ3v) is 4.95. The quantitative estimate of drug-likeness (QED) is 0.570. The first-order valence-corrected chi connectivity index (χ1v) is 9.62. The molecule has 0 spiro atoms. The Hall–Kier alpha value is -2.97. The summed E-state index contributed by atoms with van der Waals surface area (Å²) in [5.41, 5.74) is 1.78. The summed E-state index contributed by atoms with van der Waals surface area (Å²) in [6, 6.07) is 11.4. The monoisotopic (exact) mass is 422 g/mol. The molecule has 1 aliphatic heterocycles. The summed E-state index contributed by atoms with van der Waals surface area (Å²) < 4.78 is 47.4. The van der Waals surface area contributed by atoms with Crippen LogP contribution in [0.2, 0.25) is 0 Å². The number of rotatable bonds is 6. The summed E-state index contributed by atoms with van der Waals surface area (Å²) in [5, 5.41) is 3.21. The highest BCUT2D eigenvalue weighted by molar-refractivity contribution is 5.80. The van der Waals surface area contributed by atoms with Gasteiger partial charge in [-0.1, -0.05) is 18.2 Å². The van der Waals surface area contributed by atoms with Gasteiger partial charge in [0, 0.05) is 44.4 Å². The number of nitrogens with zero attached hydrogens (tertiary/aromatic N) is 3. The molecule has 0 radical (unpaired) electrons. The highest BCUT2D eigenvalue weighted by Crippen LogP contribution is 2.28. The Bertz CT molecular complexity index is 856. The molecule has 1 aliphatic rings. The van der Waals surface area contributed by atoms with Crippen LogP contribution in [0.25, 0.3) is 0 Å². The summed E-state index contributed by atoms with van der Waals surface area (Å²) in [6.45, 7) is 0.524. The maximum Gasteiger partial charge on any atom is 0.422 e. The molecule has 3 rings (SSSR count). The zero-order valence-electron chi connectivity index (χ0n) is 16.9. The average molecular weight is 422 g/mol. The van der Waals surface area contributed by atoms with Gasteiger partial charge in [-0.2, -0.15) is 13.2 Å². The summed E-state index contributed by atoms with van der Waals surface area (Å²) in [5.74, 6) is 1.86. The van der Waals surface area contributed by atoms with E-state index in [1.807, 2.05) is 12.1 Å². The van der Waals surface area contributed by atoms with E-state index in [0.29, 0.717) is 17.4 Å². The first-order chi connectivity index (χ1) is 14.4. The van der Waals surface area contributed by atoms with Gasteiger partial charge in [-0.3, -0.25) is 4.99 Å². The maximum atomic E-state index is 12.5. The van der Waals surface area contributed by atoms with Crippen LogP contribution in [0.3, 0.4) is 0 Å². The fourth-order valence-electron chi connectivity index (χ4n) is 3.45. The highest BCUT2D eigenvalue weighted by atomic mass is 19.4. The smallest absolute Gasteiger partial charge is 0.422 e. The Labute approximate surface area is 173 Å². The number of aliphatic imine (C=N–C) groups is 1. The SMILES string of the molecule is CN=C(NCc1cccnc1OCC(F)(F)F)N1CCC(c2ccc(OC)cc2)C1. The minimum Gasteiger partial charge on any atom is -0.497 e. The number of aromatic nitrogens is 1. The third-order valence-electron chi connectivity index (χ3n) is 4.95. The van der Waals surface area contributed by atoms with Crippen molar-refractivity contribution in [3.8, 4) is 11.6 Å². The van der Waals surface area contributed by atoms with E-state index in [2.05, 4.69) is 32.3 Å². The standard InChI is InChI=1S/C21H25F3N4O2/c1-25-20(27-12-16-4-3-10-26-19(16)30-14-21(22,23)24)28-11-9-17(13-28)15-5-7-18(29-2)8-6-15/h3-8,10,17H,9,11-14H2,1-2H3,(H,25,27). The number of halogens is 3. The first kappa shape index (κ1) is 21.7. The lowest BCUT2D eigenvalue weighted by molar-refractivity contribution is -0.154. The Morgan fingerprint density at radius 3 is 2.70 bits per heavy atom. The molecule has 0 amide bonds. The van der Waals surface area contributed by atoms with E-state index in [1.165, 1.54) is 11.8 Å². The molecule has 1 fully saturated rings. The van der Waals surface area contributed by atoms with Crippen molar-refractivity contribution in [1.82, 2.24) is 15.2 Å². The van der Waals surface area contributed by atoms with Crippen molar-refractivity contribution in [2.75, 3.05) is 33.9 Å². The lowest BCUT2D eigenvalue weighted by Crippen LogP contribution is -2.39. The molecule has 30 heavy (non-hydrogen) atoms. The molecule has 1 atom stereocenters. The van der Waals surface area contributed by atoms with Crippen LogP contribution >= 0.6 is 0 Å². The molecule has 162 valence electrons. The number of pyridine rings is 1. The topological polar surface area (TPSA) is 59.0 Å². The van der Waals surface area contributed by atoms with Crippen LogP contribution in [0.4, 0.5) is 13.2 Å². The number of guanidine groups is 1. The summed E-state index contributed by atoms with van der Waals surface area (Å²) in [6.07, 6.45) is -2.02. The number of methoxy groups -OCH3 is 1. The van der Waals surface area contributed by atoms with E-state index in [1.54, 1.807) is 26.3 Å². The number of likely N-dealkylation sites (tertiary alicyclic amines) is 1. The van der Waals surface area contributed by atoms with Crippen molar-refractivity contribution < 1.29 is 22.6 Å². The van der Waals surface area contributed by atoms with Crippen LogP contribution in [0.1, 0.15) is 23.5 Å². The van der Waals surface area contributed by atoms with Gasteiger partial charge in [-0.05, 0) is 30.2 Å². The number of nitrogens with one attached hydrogen (secondary N) is 1. The third kappa shape index (κ3) is 5.77. The van der Waals surface area contributed by atoms with Crippen molar-refractivity contribution in [2.45, 2.75) is 25.1 Å². The van der Waals surface area contributed by atoms with Crippen LogP contribution in [0.15, 0.2) is 47.6 Å². The van der Waals surface area contributed by atoms with Gasteiger partial charge in [-0.15, -0.1) is 0 Å². The minimum atomic E-state index is -4.41. The highest BCUT2D eigenvalue weighted by Gasteiger charge is 2.29. The van der Waals surface area contributed by atoms with E-state index < -0.39 is 12.8 Å². The second-order valence-corrected chi connectivity index (χ2v) is 6.98. The molecule has 0 saturated carbocycles. The van der Waals surface area contributed by atoms with Gasteiger partial charge in [0.1, 0.15) is 5.75 Å². The molecular weight excluding hydrogens is 397 g/mol. The van der Waals surface area contributed by atoms with Crippen LogP contribution in [0, 0.1) is 0 Å². The lowest BCUT2D eigenvalue weighted by Gasteiger charge is -2.22. The molecule has 0 bridgehead atoms. The zero-order valence-corrected chi connectivity index (χ0v) is 16.9. The number of hydrogen-bond acceptors (Lipinski definition) is 4. The molecule has 0 aliphatic carbocycles. The Morgan fingerprint density at radius 1 is 1.27 bits per heavy atom. The van der Waals surface area contributed by atoms with Gasteiger partial charge in [0.2, 0.25) is 5.88 Å². The van der Waals surface area contributed by atoms with E-state index in [-0.39, 0.29) is 12.4 Å². The molecule has 1 aromatic heterocycles. The van der Waals surface area contributed by atoms with Crippen molar-refractivity contribution >= 4 is 5.96 Å². The Morgan fingerprint density at radius 2 is 2.03 bits per heavy atom. The number of alkyl halides is 3. The van der Waals surface area contributed by atoms with Crippen molar-refractivity contribution in [3.63, 3.8) is 0 Å². The van der Waals surface area contributed by atoms with Crippen LogP contribution in [-0.2, 0) is 6.54 Å². The van der Waals surface area contributed by atoms with Crippen molar-refractivity contribution in [3.05, 3.63) is 53.7 Å². The zero-order chi connectivity index (χ0) is 21.6. The Balaban J connectivity index is 1.59. The van der Waals surface area contributed by atoms with Gasteiger partial charge in [0.25, 0.3) is 0 Å². The largest absolute Gasteiger partial charge is 0.497 e. The summed E-state index contributed by atoms with van der Waals surface area (Å²) >= 11 is 0. The number of ether oxygens (including phenoxy) is 2. The van der Waals surface area contributed by atoms with E-state index >= 15 is 0 Å². The van der Waals surface area contributed by atoms with E-state index in [9.17, 15) is 13.2 Å². The number of benzene rings is 1. The van der Waals surface area contributed by atoms with Crippen molar-refractivity contribution in [2.24, 2.45) is 4.99 Å². The van der Waals surface area contributed by atoms with E-state index in [4.69, 9.17) is 9.47 Å². The van der Waals surface area contributed by atoms with Gasteiger partial charge in [-0.25, -0.2) is 4.98 Å². The van der Waals surface area contributed by atoms with Crippen LogP contribution in [-0.4, -0.2) is 55.9 Å². The lowest BCUT2D eigenvalue weighted by atomic mass is 9.98. The van der Waals surface area contributed by atoms with E-state index in [0.717, 1.165) is 25.3 Å². The van der Waals surface area contributed by atoms with Gasteiger partial charge >= 0.3 is 6.18 Å². The normalized spacial score (nSPS) is 17.2. The van der Waals surface area contributed by atoms with Crippen LogP contribution in [0.5, 0.6) is 11.6 Å². The van der Waals surface area contributed by atoms with Crippen molar-refractivity contribution in [1.29, 1.82) is 0 Å². The van der Waals surface area contributed by atoms with Crippen LogP contribution < -0.4 is 14.8 Å². The van der Waals surface area contributed by atoms with Gasteiger partial charge < -0.3 is 19.7 Å². The molecule has 9 heteroatoms. The molecule has 1 saturated heterocycles. The molecule has 1 aromatic carbocycles. The molecule has 1 N–H and O–H groups in total. The second kappa shape index (κ2) is 9.69. The van der Waals surface area contributed by atoms with Gasteiger partial charge in [0.15, 0.2) is 12.6 Å². The fourth-order valence-corrected chi connectivity index (χ4v) is 3.45. The summed E-state index contributed by atoms with van der Waals surface area (Å²) in [7, 11) is 3.33. The minimum absolute atomic E-state index is 0.0321. The molecule has 2 aromatic rings. The first-order valence-electron chi connectivity index (χ1n) is 9.62. The fraction of sp³-hybridized carbons (Fsp3) is 0.429. The molecule has 2 heterocycles. The molecular formula is C21H25F3N4O2. The average Bonchev–Trinajstić information content (AvgIpc) is 3.23. The number of hydrogen-bond donors (Lipinski definition) is 1. The molecule has 6 nitrogen and oxygen atoms in total. The Kier molecular flexibility index (Phi) is 7.02. The molecule has 1 unspecified atom stereocenters. The predicted molar refractivity (Wildman–Crippen MR) is 108 cm³/mol. The predicted octanol–water partition coefficient (Wildman–Crippen LogP) is 3.60. The summed E-state index contributed by atoms with van der Waals surface area (Å²) in [4.78, 5) is 10.4. The van der Waals surface area contributed by atoms with Gasteiger partial charge in [0.05, 0.1) is 7.11 Å².